The summed E-state index contributed by atoms with van der Waals surface area (Å²) in [5, 5.41) is 0.561. The molecule has 0 aromatic heterocycles. The maximum absolute atomic E-state index is 11.5. The molecule has 4 nitrogen and oxygen atoms in total. The number of rotatable bonds is 5. The Labute approximate surface area is 138 Å². The highest BCUT2D eigenvalue weighted by Gasteiger charge is 2.13. The van der Waals surface area contributed by atoms with Crippen molar-refractivity contribution in [2.45, 2.75) is 16.7 Å². The van der Waals surface area contributed by atoms with Gasteiger partial charge in [0, 0.05) is 15.4 Å². The molecule has 2 rings (SSSR count). The Morgan fingerprint density at radius 2 is 1.82 bits per heavy atom. The van der Waals surface area contributed by atoms with Gasteiger partial charge in [-0.1, -0.05) is 35.5 Å². The molecule has 22 heavy (non-hydrogen) atoms. The zero-order chi connectivity index (χ0) is 16.3. The summed E-state index contributed by atoms with van der Waals surface area (Å²) in [6.07, 6.45) is 1.08. The van der Waals surface area contributed by atoms with Crippen molar-refractivity contribution >= 4 is 44.9 Å². The Hall–Kier alpha value is -1.50. The third-order valence-electron chi connectivity index (χ3n) is 2.74. The number of nitrogens with one attached hydrogen (secondary N) is 1. The van der Waals surface area contributed by atoms with Gasteiger partial charge < -0.3 is 0 Å². The number of anilines is 1. The van der Waals surface area contributed by atoms with Gasteiger partial charge in [-0.05, 0) is 37.3 Å². The van der Waals surface area contributed by atoms with Crippen LogP contribution in [0.5, 0.6) is 0 Å². The van der Waals surface area contributed by atoms with Crippen LogP contribution < -0.4 is 4.72 Å². The Balaban J connectivity index is 2.48. The zero-order valence-corrected chi connectivity index (χ0v) is 14.3. The third kappa shape index (κ3) is 4.50. The summed E-state index contributed by atoms with van der Waals surface area (Å²) < 4.78 is 25.4. The van der Waals surface area contributed by atoms with Crippen LogP contribution in [0.1, 0.15) is 17.3 Å². The molecular formula is C15H14ClNO3S2. The van der Waals surface area contributed by atoms with Gasteiger partial charge in [0.05, 0.1) is 17.0 Å². The van der Waals surface area contributed by atoms with Crippen molar-refractivity contribution < 1.29 is 13.2 Å². The number of hydrogen-bond donors (Lipinski definition) is 1. The number of benzene rings is 2. The molecule has 2 aromatic carbocycles. The molecule has 0 spiro atoms. The number of halogens is 1. The molecule has 0 amide bonds. The summed E-state index contributed by atoms with van der Waals surface area (Å²) in [4.78, 5) is 12.9. The zero-order valence-electron chi connectivity index (χ0n) is 12.0. The first kappa shape index (κ1) is 16.9. The minimum absolute atomic E-state index is 0.0908. The van der Waals surface area contributed by atoms with Crippen LogP contribution >= 0.6 is 23.4 Å². The van der Waals surface area contributed by atoms with E-state index in [1.807, 2.05) is 18.2 Å². The molecule has 0 fully saturated rings. The standard InChI is InChI=1S/C15H14ClNO3S2/c1-10(18)11-7-8-13(17-22(2,19)20)15(9-11)21-14-6-4-3-5-12(14)16/h3-9,17H,1-2H3. The number of ketones is 1. The van der Waals surface area contributed by atoms with E-state index in [1.165, 1.54) is 18.7 Å². The van der Waals surface area contributed by atoms with E-state index in [0.29, 0.717) is 21.2 Å². The van der Waals surface area contributed by atoms with Gasteiger partial charge in [0.2, 0.25) is 10.0 Å². The SMILES string of the molecule is CC(=O)c1ccc(NS(C)(=O)=O)c(Sc2ccccc2Cl)c1. The average molecular weight is 356 g/mol. The highest BCUT2D eigenvalue weighted by molar-refractivity contribution is 7.99. The molecule has 0 aliphatic carbocycles. The largest absolute Gasteiger partial charge is 0.295 e. The lowest BCUT2D eigenvalue weighted by molar-refractivity contribution is 0.101. The second-order valence-electron chi connectivity index (χ2n) is 4.67. The number of Topliss-reactive ketones (excluding diaryl/α,β-unsaturated/α-hetero) is 1. The molecule has 0 atom stereocenters. The normalized spacial score (nSPS) is 11.2. The van der Waals surface area contributed by atoms with E-state index in [4.69, 9.17) is 11.6 Å². The summed E-state index contributed by atoms with van der Waals surface area (Å²) in [6, 6.07) is 12.1. The van der Waals surface area contributed by atoms with Crippen LogP contribution in [0.15, 0.2) is 52.3 Å². The van der Waals surface area contributed by atoms with Gasteiger partial charge in [0.1, 0.15) is 0 Å². The number of sulfonamides is 1. The van der Waals surface area contributed by atoms with E-state index in [-0.39, 0.29) is 5.78 Å². The maximum Gasteiger partial charge on any atom is 0.229 e. The van der Waals surface area contributed by atoms with Gasteiger partial charge in [-0.25, -0.2) is 8.42 Å². The fourth-order valence-electron chi connectivity index (χ4n) is 1.76. The third-order valence-corrected chi connectivity index (χ3v) is 4.91. The van der Waals surface area contributed by atoms with Crippen molar-refractivity contribution in [1.29, 1.82) is 0 Å². The van der Waals surface area contributed by atoms with Gasteiger partial charge in [-0.15, -0.1) is 0 Å². The lowest BCUT2D eigenvalue weighted by Crippen LogP contribution is -2.10. The number of carbonyl (C=O) groups is 1. The lowest BCUT2D eigenvalue weighted by atomic mass is 10.1. The number of hydrogen-bond acceptors (Lipinski definition) is 4. The molecule has 0 heterocycles. The second kappa shape index (κ2) is 6.73. The Morgan fingerprint density at radius 1 is 1.14 bits per heavy atom. The van der Waals surface area contributed by atoms with Gasteiger partial charge >= 0.3 is 0 Å². The predicted molar refractivity (Wildman–Crippen MR) is 90.5 cm³/mol. The van der Waals surface area contributed by atoms with Gasteiger partial charge in [-0.3, -0.25) is 9.52 Å². The first-order valence-corrected chi connectivity index (χ1v) is 9.40. The van der Waals surface area contributed by atoms with Crippen molar-refractivity contribution in [2.24, 2.45) is 0 Å². The van der Waals surface area contributed by atoms with Crippen LogP contribution in [-0.2, 0) is 10.0 Å². The van der Waals surface area contributed by atoms with E-state index in [1.54, 1.807) is 24.3 Å². The summed E-state index contributed by atoms with van der Waals surface area (Å²) in [5.74, 6) is -0.0908. The van der Waals surface area contributed by atoms with Gasteiger partial charge in [0.25, 0.3) is 0 Å². The molecule has 0 saturated heterocycles. The van der Waals surface area contributed by atoms with Crippen LogP contribution in [0, 0.1) is 0 Å². The quantitative estimate of drug-likeness (QED) is 0.821. The molecule has 2 aromatic rings. The molecular weight excluding hydrogens is 342 g/mol. The van der Waals surface area contributed by atoms with E-state index in [9.17, 15) is 13.2 Å². The van der Waals surface area contributed by atoms with Crippen LogP contribution in [0.4, 0.5) is 5.69 Å². The summed E-state index contributed by atoms with van der Waals surface area (Å²) in [5.41, 5.74) is 0.922. The van der Waals surface area contributed by atoms with E-state index < -0.39 is 10.0 Å². The van der Waals surface area contributed by atoms with Crippen molar-refractivity contribution in [1.82, 2.24) is 0 Å². The van der Waals surface area contributed by atoms with Crippen molar-refractivity contribution in [3.8, 4) is 0 Å². The minimum Gasteiger partial charge on any atom is -0.295 e. The average Bonchev–Trinajstić information content (AvgIpc) is 2.41. The Morgan fingerprint density at radius 3 is 2.41 bits per heavy atom. The number of carbonyl (C=O) groups excluding carboxylic acids is 1. The summed E-state index contributed by atoms with van der Waals surface area (Å²) >= 11 is 7.44. The Bertz CT molecular complexity index is 819. The second-order valence-corrected chi connectivity index (χ2v) is 7.91. The monoisotopic (exact) mass is 355 g/mol. The first-order chi connectivity index (χ1) is 10.3. The highest BCUT2D eigenvalue weighted by atomic mass is 35.5. The van der Waals surface area contributed by atoms with Crippen molar-refractivity contribution in [2.75, 3.05) is 11.0 Å². The molecule has 0 saturated carbocycles. The Kier molecular flexibility index (Phi) is 5.16. The van der Waals surface area contributed by atoms with Gasteiger partial charge in [0.15, 0.2) is 5.78 Å². The van der Waals surface area contributed by atoms with Crippen molar-refractivity contribution in [3.63, 3.8) is 0 Å². The van der Waals surface area contributed by atoms with Crippen LogP contribution in [0.2, 0.25) is 5.02 Å². The van der Waals surface area contributed by atoms with Crippen LogP contribution in [0.3, 0.4) is 0 Å². The van der Waals surface area contributed by atoms with E-state index in [0.717, 1.165) is 11.2 Å². The molecule has 116 valence electrons. The fraction of sp³-hybridized carbons (Fsp3) is 0.133. The first-order valence-electron chi connectivity index (χ1n) is 6.31. The summed E-state index contributed by atoms with van der Waals surface area (Å²) in [7, 11) is -3.42. The smallest absolute Gasteiger partial charge is 0.229 e. The molecule has 0 aliphatic rings. The topological polar surface area (TPSA) is 63.2 Å². The predicted octanol–water partition coefficient (Wildman–Crippen LogP) is 4.07. The molecule has 0 radical (unpaired) electrons. The van der Waals surface area contributed by atoms with E-state index in [2.05, 4.69) is 4.72 Å². The molecule has 0 bridgehead atoms. The summed E-state index contributed by atoms with van der Waals surface area (Å²) in [6.45, 7) is 1.46. The van der Waals surface area contributed by atoms with E-state index >= 15 is 0 Å². The van der Waals surface area contributed by atoms with Crippen LogP contribution in [-0.4, -0.2) is 20.5 Å². The molecule has 1 N–H and O–H groups in total. The highest BCUT2D eigenvalue weighted by Crippen LogP contribution is 2.38. The fourth-order valence-corrected chi connectivity index (χ4v) is 3.61. The molecule has 0 unspecified atom stereocenters. The lowest BCUT2D eigenvalue weighted by Gasteiger charge is -2.12. The maximum atomic E-state index is 11.5. The van der Waals surface area contributed by atoms with Gasteiger partial charge in [-0.2, -0.15) is 0 Å². The van der Waals surface area contributed by atoms with Crippen LogP contribution in [0.25, 0.3) is 0 Å². The molecule has 7 heteroatoms. The minimum atomic E-state index is -3.42. The van der Waals surface area contributed by atoms with Crippen molar-refractivity contribution in [3.05, 3.63) is 53.1 Å². The molecule has 0 aliphatic heterocycles.